The van der Waals surface area contributed by atoms with Gasteiger partial charge in [0.1, 0.15) is 11.9 Å². The number of ether oxygens (including phenoxy) is 2. The fraction of sp³-hybridized carbons (Fsp3) is 0.440. The molecule has 22 heteroatoms. The average Bonchev–Trinajstić information content (AvgIpc) is 4.05. The Bertz CT molecular complexity index is 3120. The van der Waals surface area contributed by atoms with E-state index >= 15 is 0 Å². The molecule has 19 nitrogen and oxygen atoms in total. The molecule has 72 heavy (non-hydrogen) atoms. The molecule has 2 aliphatic rings. The monoisotopic (exact) mass is 1030 g/mol. The summed E-state index contributed by atoms with van der Waals surface area (Å²) in [7, 11) is -0.878. The number of imide groups is 1. The van der Waals surface area contributed by atoms with Gasteiger partial charge in [0.15, 0.2) is 5.13 Å². The van der Waals surface area contributed by atoms with E-state index in [1.807, 2.05) is 38.1 Å². The number of thiazole rings is 1. The highest BCUT2D eigenvalue weighted by Gasteiger charge is 2.32. The number of unbranched alkanes of at least 4 members (excludes halogenated alkanes) is 1. The van der Waals surface area contributed by atoms with Crippen LogP contribution in [0.5, 0.6) is 0 Å². The molecule has 0 radical (unpaired) electrons. The minimum Gasteiger partial charge on any atom is -0.381 e. The lowest BCUT2D eigenvalue weighted by Gasteiger charge is -2.37. The Hall–Kier alpha value is -6.30. The molecule has 4 N–H and O–H groups in total. The highest BCUT2D eigenvalue weighted by molar-refractivity contribution is 7.87. The van der Waals surface area contributed by atoms with E-state index in [0.717, 1.165) is 47.3 Å². The van der Waals surface area contributed by atoms with E-state index in [1.165, 1.54) is 50.2 Å². The Kier molecular flexibility index (Phi) is 16.7. The SMILES string of the molecule is C[C@@H]1CN(c2cc(F)cc(-c3csc(NC(=O)CNC(=O)c4cn(S(=O)(=O)N(C)CCCCNCCCOCCCc5ccc6c(c5)n(C)c(=O)n6C5CCC(=O)NC5=O)c5ccccc45)n3)c2)C[C@H](C)O1. The average molecular weight is 1030 g/mol. The maximum Gasteiger partial charge on any atom is 0.329 e. The van der Waals surface area contributed by atoms with Gasteiger partial charge >= 0.3 is 15.9 Å². The van der Waals surface area contributed by atoms with Crippen molar-refractivity contribution in [2.24, 2.45) is 7.05 Å². The van der Waals surface area contributed by atoms with Gasteiger partial charge in [0.05, 0.1) is 46.6 Å². The Morgan fingerprint density at radius 3 is 2.51 bits per heavy atom. The Labute approximate surface area is 420 Å². The molecule has 4 amide bonds. The van der Waals surface area contributed by atoms with E-state index in [-0.39, 0.29) is 53.9 Å². The number of fused-ring (bicyclic) bond motifs is 2. The third-order valence-electron chi connectivity index (χ3n) is 12.8. The number of nitrogens with zero attached hydrogens (tertiary/aromatic N) is 6. The first kappa shape index (κ1) is 52.0. The number of aryl methyl sites for hydroxylation is 2. The van der Waals surface area contributed by atoms with Crippen LogP contribution in [-0.2, 0) is 47.5 Å². The van der Waals surface area contributed by atoms with Crippen LogP contribution in [0.25, 0.3) is 33.2 Å². The molecule has 8 rings (SSSR count). The van der Waals surface area contributed by atoms with E-state index in [2.05, 4.69) is 31.2 Å². The second-order valence-electron chi connectivity index (χ2n) is 18.3. The highest BCUT2D eigenvalue weighted by Crippen LogP contribution is 2.31. The van der Waals surface area contributed by atoms with Crippen molar-refractivity contribution in [1.82, 2.24) is 38.3 Å². The summed E-state index contributed by atoms with van der Waals surface area (Å²) >= 11 is 1.17. The van der Waals surface area contributed by atoms with Crippen molar-refractivity contribution in [2.75, 3.05) is 69.7 Å². The van der Waals surface area contributed by atoms with Crippen molar-refractivity contribution >= 4 is 77.9 Å². The number of carbonyl (C=O) groups excluding carboxylic acids is 4. The highest BCUT2D eigenvalue weighted by atomic mass is 32.2. The number of anilines is 2. The fourth-order valence-corrected chi connectivity index (χ4v) is 11.3. The van der Waals surface area contributed by atoms with Gasteiger partial charge in [-0.05, 0) is 107 Å². The zero-order valence-corrected chi connectivity index (χ0v) is 42.5. The molecular weight excluding hydrogens is 968 g/mol. The standard InChI is InChI=1S/C50H61FN10O9S2/c1-32-28-59(29-33(2)70-32)37-25-35(24-36(51)26-37)40-31-71-49(54-40)56-46(63)27-53-47(64)39-30-60(41-13-6-5-12-38(39)41)72(67,68)57(3)20-8-7-18-52-19-10-22-69-21-9-11-34-14-15-42-44(23-34)58(4)50(66)61(42)43-16-17-45(62)55-48(43)65/h5-6,12-15,23-26,30-33,43,52H,7-11,16-22,27-29H2,1-4H3,(H,53,64)(H,54,56,63)(H,55,62,65)/t32-,33+,43?. The Morgan fingerprint density at radius 2 is 1.72 bits per heavy atom. The third kappa shape index (κ3) is 12.1. The quantitative estimate of drug-likeness (QED) is 0.0525. The summed E-state index contributed by atoms with van der Waals surface area (Å²) < 4.78 is 59.5. The van der Waals surface area contributed by atoms with Crippen LogP contribution in [0.2, 0.25) is 0 Å². The number of aromatic nitrogens is 4. The molecule has 2 aliphatic heterocycles. The van der Waals surface area contributed by atoms with E-state index in [0.29, 0.717) is 72.6 Å². The molecule has 0 aliphatic carbocycles. The number of rotatable bonds is 22. The molecule has 0 saturated carbocycles. The van der Waals surface area contributed by atoms with Crippen molar-refractivity contribution in [2.45, 2.75) is 77.0 Å². The van der Waals surface area contributed by atoms with Gasteiger partial charge in [0, 0.05) is 81.6 Å². The Balaban J connectivity index is 0.734. The van der Waals surface area contributed by atoms with Crippen LogP contribution in [0.3, 0.4) is 0 Å². The smallest absolute Gasteiger partial charge is 0.329 e. The summed E-state index contributed by atoms with van der Waals surface area (Å²) in [4.78, 5) is 70.2. The van der Waals surface area contributed by atoms with Crippen molar-refractivity contribution in [3.05, 3.63) is 99.7 Å². The van der Waals surface area contributed by atoms with Gasteiger partial charge in [-0.25, -0.2) is 18.1 Å². The summed E-state index contributed by atoms with van der Waals surface area (Å²) in [6, 6.07) is 16.5. The molecular formula is C50H61FN10O9S2. The second kappa shape index (κ2) is 23.1. The van der Waals surface area contributed by atoms with Gasteiger partial charge in [-0.1, -0.05) is 24.3 Å². The number of hydrogen-bond acceptors (Lipinski definition) is 13. The van der Waals surface area contributed by atoms with Crippen LogP contribution in [0.4, 0.5) is 15.2 Å². The second-order valence-corrected chi connectivity index (χ2v) is 21.1. The van der Waals surface area contributed by atoms with Crippen LogP contribution in [-0.4, -0.2) is 126 Å². The molecule has 5 heterocycles. The van der Waals surface area contributed by atoms with Gasteiger partial charge in [0.25, 0.3) is 5.91 Å². The Morgan fingerprint density at radius 1 is 0.958 bits per heavy atom. The lowest BCUT2D eigenvalue weighted by molar-refractivity contribution is -0.135. The summed E-state index contributed by atoms with van der Waals surface area (Å²) in [5.74, 6) is -2.36. The topological polar surface area (TPSA) is 220 Å². The number of nitrogens with one attached hydrogen (secondary N) is 4. The number of hydrogen-bond donors (Lipinski definition) is 4. The first-order valence-electron chi connectivity index (χ1n) is 24.2. The molecule has 3 aromatic heterocycles. The molecule has 3 atom stereocenters. The number of imidazole rings is 1. The van der Waals surface area contributed by atoms with Crippen molar-refractivity contribution in [3.8, 4) is 11.3 Å². The fourth-order valence-electron chi connectivity index (χ4n) is 9.25. The lowest BCUT2D eigenvalue weighted by atomic mass is 10.1. The maximum absolute atomic E-state index is 14.8. The van der Waals surface area contributed by atoms with Crippen LogP contribution in [0.1, 0.15) is 74.3 Å². The summed E-state index contributed by atoms with van der Waals surface area (Å²) in [6.45, 7) is 7.64. The number of para-hydroxylation sites is 1. The van der Waals surface area contributed by atoms with Crippen molar-refractivity contribution in [3.63, 3.8) is 0 Å². The predicted octanol–water partition coefficient (Wildman–Crippen LogP) is 4.95. The van der Waals surface area contributed by atoms with E-state index in [1.54, 1.807) is 36.7 Å². The van der Waals surface area contributed by atoms with Gasteiger partial charge in [-0.15, -0.1) is 11.3 Å². The summed E-state index contributed by atoms with van der Waals surface area (Å²) in [5, 5.41) is 13.4. The molecule has 0 spiro atoms. The molecule has 384 valence electrons. The van der Waals surface area contributed by atoms with Gasteiger partial charge < -0.3 is 30.3 Å². The predicted molar refractivity (Wildman–Crippen MR) is 274 cm³/mol. The van der Waals surface area contributed by atoms with Crippen molar-refractivity contribution < 1.29 is 41.5 Å². The van der Waals surface area contributed by atoms with Crippen LogP contribution in [0, 0.1) is 5.82 Å². The largest absolute Gasteiger partial charge is 0.381 e. The minimum absolute atomic E-state index is 0.00290. The third-order valence-corrected chi connectivity index (χ3v) is 15.4. The van der Waals surface area contributed by atoms with Gasteiger partial charge in [-0.3, -0.25) is 33.6 Å². The summed E-state index contributed by atoms with van der Waals surface area (Å²) in [5.41, 5.74) is 4.32. The normalized spacial score (nSPS) is 17.5. The first-order valence-corrected chi connectivity index (χ1v) is 26.5. The molecule has 3 aromatic carbocycles. The van der Waals surface area contributed by atoms with E-state index in [4.69, 9.17) is 9.47 Å². The minimum atomic E-state index is -4.06. The molecule has 1 unspecified atom stereocenters. The molecule has 6 aromatic rings. The zero-order chi connectivity index (χ0) is 51.1. The number of piperidine rings is 1. The van der Waals surface area contributed by atoms with Crippen LogP contribution < -0.4 is 31.9 Å². The van der Waals surface area contributed by atoms with Crippen LogP contribution >= 0.6 is 11.3 Å². The molecule has 0 bridgehead atoms. The summed E-state index contributed by atoms with van der Waals surface area (Å²) in [6.07, 6.45) is 5.42. The zero-order valence-electron chi connectivity index (χ0n) is 40.8. The van der Waals surface area contributed by atoms with Crippen LogP contribution in [0.15, 0.2) is 77.0 Å². The number of halogens is 1. The van der Waals surface area contributed by atoms with E-state index in [9.17, 15) is 36.8 Å². The molecule has 2 saturated heterocycles. The number of carbonyl (C=O) groups is 4. The lowest BCUT2D eigenvalue weighted by Crippen LogP contribution is -2.45. The maximum atomic E-state index is 14.8. The number of benzene rings is 3. The molecule has 2 fully saturated rings. The number of amides is 4. The van der Waals surface area contributed by atoms with E-state index < -0.39 is 46.3 Å². The first-order chi connectivity index (χ1) is 34.6. The number of morpholine rings is 1. The van der Waals surface area contributed by atoms with Crippen molar-refractivity contribution in [1.29, 1.82) is 0 Å². The van der Waals surface area contributed by atoms with Gasteiger partial charge in [-0.2, -0.15) is 12.7 Å². The van der Waals surface area contributed by atoms with Gasteiger partial charge in [0.2, 0.25) is 17.7 Å².